The minimum Gasteiger partial charge on any atom is -0.313 e. The van der Waals surface area contributed by atoms with Crippen LogP contribution in [0.3, 0.4) is 0 Å². The van der Waals surface area contributed by atoms with Crippen LogP contribution in [0.1, 0.15) is 89.8 Å². The van der Waals surface area contributed by atoms with Gasteiger partial charge in [-0.3, -0.25) is 0 Å². The van der Waals surface area contributed by atoms with Gasteiger partial charge in [-0.05, 0) is 30.0 Å². The lowest BCUT2D eigenvalue weighted by Crippen LogP contribution is -2.22. The average molecular weight is 290 g/mol. The molecule has 0 aliphatic rings. The highest BCUT2D eigenvalue weighted by atomic mass is 14.9. The zero-order chi connectivity index (χ0) is 15.7. The third-order valence-electron chi connectivity index (χ3n) is 4.34. The van der Waals surface area contributed by atoms with Crippen LogP contribution in [0.4, 0.5) is 0 Å². The SMILES string of the molecule is CCCCCCCCC(NC)c1ccccc1C(C)(C)C. The van der Waals surface area contributed by atoms with Gasteiger partial charge < -0.3 is 5.32 Å². The lowest BCUT2D eigenvalue weighted by atomic mass is 9.81. The van der Waals surface area contributed by atoms with Crippen molar-refractivity contribution in [3.63, 3.8) is 0 Å². The fourth-order valence-corrected chi connectivity index (χ4v) is 3.07. The second-order valence-corrected chi connectivity index (χ2v) is 7.23. The van der Waals surface area contributed by atoms with E-state index in [1.807, 2.05) is 0 Å². The molecule has 0 aromatic heterocycles. The van der Waals surface area contributed by atoms with Gasteiger partial charge in [0.2, 0.25) is 0 Å². The lowest BCUT2D eigenvalue weighted by Gasteiger charge is -2.27. The summed E-state index contributed by atoms with van der Waals surface area (Å²) in [6, 6.07) is 9.43. The smallest absolute Gasteiger partial charge is 0.0320 e. The minimum atomic E-state index is 0.215. The van der Waals surface area contributed by atoms with E-state index in [0.29, 0.717) is 6.04 Å². The van der Waals surface area contributed by atoms with Crippen molar-refractivity contribution in [1.82, 2.24) is 5.32 Å². The van der Waals surface area contributed by atoms with Crippen molar-refractivity contribution in [2.75, 3.05) is 7.05 Å². The van der Waals surface area contributed by atoms with E-state index >= 15 is 0 Å². The fourth-order valence-electron chi connectivity index (χ4n) is 3.07. The van der Waals surface area contributed by atoms with Crippen molar-refractivity contribution in [2.45, 2.75) is 84.1 Å². The van der Waals surface area contributed by atoms with Gasteiger partial charge in [0.05, 0.1) is 0 Å². The van der Waals surface area contributed by atoms with E-state index in [9.17, 15) is 0 Å². The van der Waals surface area contributed by atoms with Crippen molar-refractivity contribution >= 4 is 0 Å². The molecule has 1 N–H and O–H groups in total. The van der Waals surface area contributed by atoms with E-state index in [2.05, 4.69) is 64.3 Å². The van der Waals surface area contributed by atoms with Crippen LogP contribution in [-0.4, -0.2) is 7.05 Å². The molecule has 1 heteroatoms. The second kappa shape index (κ2) is 9.25. The topological polar surface area (TPSA) is 12.0 Å². The number of hydrogen-bond donors (Lipinski definition) is 1. The van der Waals surface area contributed by atoms with Crippen LogP contribution in [-0.2, 0) is 5.41 Å². The first kappa shape index (κ1) is 18.2. The van der Waals surface area contributed by atoms with E-state index in [-0.39, 0.29) is 5.41 Å². The fraction of sp³-hybridized carbons (Fsp3) is 0.700. The number of unbranched alkanes of at least 4 members (excludes halogenated alkanes) is 5. The van der Waals surface area contributed by atoms with E-state index < -0.39 is 0 Å². The maximum atomic E-state index is 3.53. The van der Waals surface area contributed by atoms with Crippen molar-refractivity contribution in [1.29, 1.82) is 0 Å². The minimum absolute atomic E-state index is 0.215. The summed E-state index contributed by atoms with van der Waals surface area (Å²) < 4.78 is 0. The zero-order valence-corrected chi connectivity index (χ0v) is 14.8. The van der Waals surface area contributed by atoms with Gasteiger partial charge in [0.1, 0.15) is 0 Å². The van der Waals surface area contributed by atoms with Gasteiger partial charge in [-0.1, -0.05) is 90.5 Å². The Morgan fingerprint density at radius 2 is 1.57 bits per heavy atom. The zero-order valence-electron chi connectivity index (χ0n) is 14.8. The van der Waals surface area contributed by atoms with Crippen LogP contribution < -0.4 is 5.32 Å². The van der Waals surface area contributed by atoms with Crippen LogP contribution in [0.25, 0.3) is 0 Å². The molecule has 0 aliphatic heterocycles. The average Bonchev–Trinajstić information content (AvgIpc) is 2.46. The standard InChI is InChI=1S/C20H35N/c1-6-7-8-9-10-11-16-19(21-5)17-14-12-13-15-18(17)20(2,3)4/h12-15,19,21H,6-11,16H2,1-5H3. The monoisotopic (exact) mass is 289 g/mol. The molecule has 0 amide bonds. The summed E-state index contributed by atoms with van der Waals surface area (Å²) in [4.78, 5) is 0. The van der Waals surface area contributed by atoms with E-state index in [1.165, 1.54) is 56.1 Å². The number of hydrogen-bond acceptors (Lipinski definition) is 1. The van der Waals surface area contributed by atoms with Crippen molar-refractivity contribution < 1.29 is 0 Å². The van der Waals surface area contributed by atoms with Gasteiger partial charge in [-0.15, -0.1) is 0 Å². The highest BCUT2D eigenvalue weighted by Gasteiger charge is 2.21. The van der Waals surface area contributed by atoms with Gasteiger partial charge in [0.25, 0.3) is 0 Å². The van der Waals surface area contributed by atoms with Gasteiger partial charge >= 0.3 is 0 Å². The Bertz CT molecular complexity index is 389. The number of rotatable bonds is 9. The molecule has 0 bridgehead atoms. The third kappa shape index (κ3) is 6.22. The molecule has 1 aromatic rings. The quantitative estimate of drug-likeness (QED) is 0.550. The van der Waals surface area contributed by atoms with Gasteiger partial charge in [-0.25, -0.2) is 0 Å². The second-order valence-electron chi connectivity index (χ2n) is 7.23. The first-order valence-electron chi connectivity index (χ1n) is 8.77. The number of benzene rings is 1. The molecule has 0 fully saturated rings. The Kier molecular flexibility index (Phi) is 8.03. The highest BCUT2D eigenvalue weighted by molar-refractivity contribution is 5.35. The summed E-state index contributed by atoms with van der Waals surface area (Å²) in [5.74, 6) is 0. The largest absolute Gasteiger partial charge is 0.313 e. The first-order chi connectivity index (χ1) is 10.0. The molecule has 0 saturated carbocycles. The molecule has 0 saturated heterocycles. The summed E-state index contributed by atoms with van der Waals surface area (Å²) >= 11 is 0. The molecular weight excluding hydrogens is 254 g/mol. The van der Waals surface area contributed by atoms with Crippen molar-refractivity contribution in [3.8, 4) is 0 Å². The predicted octanol–water partition coefficient (Wildman–Crippen LogP) is 6.00. The summed E-state index contributed by atoms with van der Waals surface area (Å²) in [5, 5.41) is 3.53. The summed E-state index contributed by atoms with van der Waals surface area (Å²) in [6.07, 6.45) is 9.46. The molecule has 1 unspecified atom stereocenters. The molecule has 1 aromatic carbocycles. The Labute approximate surface area is 132 Å². The van der Waals surface area contributed by atoms with Gasteiger partial charge in [-0.2, -0.15) is 0 Å². The maximum absolute atomic E-state index is 3.53. The Balaban J connectivity index is 2.60. The van der Waals surface area contributed by atoms with Crippen LogP contribution in [0.15, 0.2) is 24.3 Å². The molecule has 120 valence electrons. The Morgan fingerprint density at radius 3 is 2.19 bits per heavy atom. The molecule has 0 spiro atoms. The normalized spacial score (nSPS) is 13.4. The molecule has 1 atom stereocenters. The molecule has 0 aliphatic carbocycles. The molecule has 21 heavy (non-hydrogen) atoms. The van der Waals surface area contributed by atoms with E-state index in [0.717, 1.165) is 0 Å². The summed E-state index contributed by atoms with van der Waals surface area (Å²) in [6.45, 7) is 9.20. The summed E-state index contributed by atoms with van der Waals surface area (Å²) in [5.41, 5.74) is 3.18. The van der Waals surface area contributed by atoms with E-state index in [4.69, 9.17) is 0 Å². The molecular formula is C20H35N. The van der Waals surface area contributed by atoms with Crippen LogP contribution in [0.5, 0.6) is 0 Å². The third-order valence-corrected chi connectivity index (χ3v) is 4.34. The van der Waals surface area contributed by atoms with Crippen molar-refractivity contribution in [2.24, 2.45) is 0 Å². The summed E-state index contributed by atoms with van der Waals surface area (Å²) in [7, 11) is 2.10. The maximum Gasteiger partial charge on any atom is 0.0320 e. The molecule has 0 radical (unpaired) electrons. The Morgan fingerprint density at radius 1 is 0.952 bits per heavy atom. The molecule has 0 heterocycles. The highest BCUT2D eigenvalue weighted by Crippen LogP contribution is 2.31. The predicted molar refractivity (Wildman–Crippen MR) is 94.9 cm³/mol. The lowest BCUT2D eigenvalue weighted by molar-refractivity contribution is 0.483. The van der Waals surface area contributed by atoms with Crippen molar-refractivity contribution in [3.05, 3.63) is 35.4 Å². The van der Waals surface area contributed by atoms with Gasteiger partial charge in [0, 0.05) is 6.04 Å². The first-order valence-corrected chi connectivity index (χ1v) is 8.77. The van der Waals surface area contributed by atoms with Crippen LogP contribution in [0, 0.1) is 0 Å². The van der Waals surface area contributed by atoms with Gasteiger partial charge in [0.15, 0.2) is 0 Å². The van der Waals surface area contributed by atoms with E-state index in [1.54, 1.807) is 0 Å². The van der Waals surface area contributed by atoms with Crippen LogP contribution in [0.2, 0.25) is 0 Å². The number of nitrogens with one attached hydrogen (secondary N) is 1. The molecule has 1 nitrogen and oxygen atoms in total. The van der Waals surface area contributed by atoms with Crippen LogP contribution >= 0.6 is 0 Å². The Hall–Kier alpha value is -0.820. The molecule has 1 rings (SSSR count).